The van der Waals surface area contributed by atoms with Crippen molar-refractivity contribution >= 4 is 0 Å². The van der Waals surface area contributed by atoms with Gasteiger partial charge < -0.3 is 10.4 Å². The molecule has 1 fully saturated rings. The molecule has 0 aromatic carbocycles. The first-order chi connectivity index (χ1) is 4.33. The second-order valence-corrected chi connectivity index (χ2v) is 2.49. The molecule has 0 aromatic rings. The Labute approximate surface area is 55.6 Å². The summed E-state index contributed by atoms with van der Waals surface area (Å²) in [4.78, 5) is 0. The molecule has 0 aromatic heterocycles. The Morgan fingerprint density at radius 3 is 2.89 bits per heavy atom. The van der Waals surface area contributed by atoms with E-state index in [2.05, 4.69) is 11.9 Å². The van der Waals surface area contributed by atoms with E-state index in [1.54, 1.807) is 6.08 Å². The second-order valence-electron chi connectivity index (χ2n) is 2.49. The van der Waals surface area contributed by atoms with Crippen molar-refractivity contribution in [2.75, 3.05) is 6.54 Å². The zero-order valence-corrected chi connectivity index (χ0v) is 5.51. The smallest absolute Gasteiger partial charge is 0.0842 e. The van der Waals surface area contributed by atoms with Gasteiger partial charge in [-0.15, -0.1) is 6.58 Å². The van der Waals surface area contributed by atoms with Gasteiger partial charge in [-0.05, 0) is 12.8 Å². The van der Waals surface area contributed by atoms with Gasteiger partial charge in [-0.3, -0.25) is 0 Å². The van der Waals surface area contributed by atoms with Crippen molar-refractivity contribution in [3.63, 3.8) is 0 Å². The zero-order chi connectivity index (χ0) is 6.69. The van der Waals surface area contributed by atoms with Crippen LogP contribution in [0.3, 0.4) is 0 Å². The lowest BCUT2D eigenvalue weighted by Gasteiger charge is -2.04. The minimum Gasteiger partial charge on any atom is -0.388 e. The number of nitrogens with one attached hydrogen (secondary N) is 1. The Hall–Kier alpha value is -0.340. The second kappa shape index (κ2) is 2.99. The average Bonchev–Trinajstić information content (AvgIpc) is 2.65. The van der Waals surface area contributed by atoms with Gasteiger partial charge in [0.1, 0.15) is 0 Å². The van der Waals surface area contributed by atoms with Gasteiger partial charge in [-0.1, -0.05) is 6.08 Å². The van der Waals surface area contributed by atoms with Crippen LogP contribution in [0.5, 0.6) is 0 Å². The van der Waals surface area contributed by atoms with Crippen LogP contribution in [-0.2, 0) is 0 Å². The van der Waals surface area contributed by atoms with Crippen LogP contribution in [0.1, 0.15) is 12.8 Å². The predicted octanol–water partition coefficient (Wildman–Crippen LogP) is 0.285. The lowest BCUT2D eigenvalue weighted by atomic mass is 10.3. The van der Waals surface area contributed by atoms with Crippen LogP contribution in [0.15, 0.2) is 12.7 Å². The molecule has 0 radical (unpaired) electrons. The van der Waals surface area contributed by atoms with Gasteiger partial charge in [-0.2, -0.15) is 0 Å². The largest absolute Gasteiger partial charge is 0.388 e. The molecule has 52 valence electrons. The number of aliphatic hydroxyl groups excluding tert-OH is 1. The van der Waals surface area contributed by atoms with Crippen molar-refractivity contribution in [2.24, 2.45) is 0 Å². The van der Waals surface area contributed by atoms with Crippen LogP contribution < -0.4 is 5.32 Å². The summed E-state index contributed by atoms with van der Waals surface area (Å²) in [5.74, 6) is 0. The number of aliphatic hydroxyl groups is 1. The van der Waals surface area contributed by atoms with Crippen LogP contribution in [-0.4, -0.2) is 23.8 Å². The van der Waals surface area contributed by atoms with Crippen molar-refractivity contribution in [1.82, 2.24) is 5.32 Å². The quantitative estimate of drug-likeness (QED) is 0.532. The fraction of sp³-hybridized carbons (Fsp3) is 0.714. The minimum absolute atomic E-state index is 0.370. The molecule has 2 N–H and O–H groups in total. The molecule has 0 saturated heterocycles. The van der Waals surface area contributed by atoms with E-state index >= 15 is 0 Å². The topological polar surface area (TPSA) is 32.3 Å². The first-order valence-electron chi connectivity index (χ1n) is 3.37. The van der Waals surface area contributed by atoms with Crippen molar-refractivity contribution in [1.29, 1.82) is 0 Å². The lowest BCUT2D eigenvalue weighted by Crippen LogP contribution is -2.26. The summed E-state index contributed by atoms with van der Waals surface area (Å²) in [6.07, 6.45) is 3.72. The molecule has 9 heavy (non-hydrogen) atoms. The van der Waals surface area contributed by atoms with Gasteiger partial charge in [-0.25, -0.2) is 0 Å². The molecule has 1 atom stereocenters. The van der Waals surface area contributed by atoms with Gasteiger partial charge in [0.05, 0.1) is 6.10 Å². The van der Waals surface area contributed by atoms with E-state index in [0.29, 0.717) is 12.6 Å². The molecule has 0 spiro atoms. The first kappa shape index (κ1) is 6.78. The van der Waals surface area contributed by atoms with E-state index in [1.807, 2.05) is 0 Å². The molecule has 0 bridgehead atoms. The fourth-order valence-corrected chi connectivity index (χ4v) is 0.658. The summed E-state index contributed by atoms with van der Waals surface area (Å²) in [6, 6.07) is 0.680. The molecule has 1 saturated carbocycles. The van der Waals surface area contributed by atoms with E-state index < -0.39 is 0 Å². The monoisotopic (exact) mass is 127 g/mol. The van der Waals surface area contributed by atoms with Gasteiger partial charge >= 0.3 is 0 Å². The Morgan fingerprint density at radius 2 is 2.44 bits per heavy atom. The molecule has 0 amide bonds. The van der Waals surface area contributed by atoms with E-state index in [9.17, 15) is 0 Å². The third kappa shape index (κ3) is 2.63. The van der Waals surface area contributed by atoms with E-state index in [0.717, 1.165) is 0 Å². The molecular formula is C7H13NO. The Morgan fingerprint density at radius 1 is 1.78 bits per heavy atom. The van der Waals surface area contributed by atoms with Crippen molar-refractivity contribution < 1.29 is 5.11 Å². The molecule has 2 heteroatoms. The summed E-state index contributed by atoms with van der Waals surface area (Å²) in [5.41, 5.74) is 0. The molecule has 1 unspecified atom stereocenters. The normalized spacial score (nSPS) is 21.4. The summed E-state index contributed by atoms with van der Waals surface area (Å²) in [5, 5.41) is 12.1. The maximum Gasteiger partial charge on any atom is 0.0842 e. The van der Waals surface area contributed by atoms with Crippen molar-refractivity contribution in [3.05, 3.63) is 12.7 Å². The lowest BCUT2D eigenvalue weighted by molar-refractivity contribution is 0.218. The molecule has 1 rings (SSSR count). The van der Waals surface area contributed by atoms with Crippen LogP contribution >= 0.6 is 0 Å². The third-order valence-corrected chi connectivity index (χ3v) is 1.47. The summed E-state index contributed by atoms with van der Waals surface area (Å²) >= 11 is 0. The molecular weight excluding hydrogens is 114 g/mol. The highest BCUT2D eigenvalue weighted by Gasteiger charge is 2.20. The number of hydrogen-bond acceptors (Lipinski definition) is 2. The molecule has 1 aliphatic carbocycles. The standard InChI is InChI=1S/C7H13NO/c1-2-7(9)5-8-6-3-4-6/h2,6-9H,1,3-5H2. The Balaban J connectivity index is 1.95. The van der Waals surface area contributed by atoms with Gasteiger partial charge in [0, 0.05) is 12.6 Å². The average molecular weight is 127 g/mol. The molecule has 0 heterocycles. The predicted molar refractivity (Wildman–Crippen MR) is 37.2 cm³/mol. The number of hydrogen-bond donors (Lipinski definition) is 2. The van der Waals surface area contributed by atoms with Crippen LogP contribution in [0.25, 0.3) is 0 Å². The van der Waals surface area contributed by atoms with Crippen molar-refractivity contribution in [3.8, 4) is 0 Å². The van der Waals surface area contributed by atoms with E-state index in [4.69, 9.17) is 5.11 Å². The van der Waals surface area contributed by atoms with Crippen LogP contribution in [0, 0.1) is 0 Å². The Kier molecular flexibility index (Phi) is 2.25. The highest BCUT2D eigenvalue weighted by atomic mass is 16.3. The van der Waals surface area contributed by atoms with E-state index in [1.165, 1.54) is 12.8 Å². The highest BCUT2D eigenvalue weighted by molar-refractivity contribution is 4.86. The van der Waals surface area contributed by atoms with Gasteiger partial charge in [0.2, 0.25) is 0 Å². The molecule has 0 aliphatic heterocycles. The van der Waals surface area contributed by atoms with Crippen molar-refractivity contribution in [2.45, 2.75) is 25.0 Å². The summed E-state index contributed by atoms with van der Waals surface area (Å²) in [6.45, 7) is 4.13. The van der Waals surface area contributed by atoms with E-state index in [-0.39, 0.29) is 6.10 Å². The van der Waals surface area contributed by atoms with Gasteiger partial charge in [0.25, 0.3) is 0 Å². The Bertz CT molecular complexity index is 99.1. The molecule has 2 nitrogen and oxygen atoms in total. The first-order valence-corrected chi connectivity index (χ1v) is 3.37. The van der Waals surface area contributed by atoms with Gasteiger partial charge in [0.15, 0.2) is 0 Å². The maximum absolute atomic E-state index is 8.95. The zero-order valence-electron chi connectivity index (χ0n) is 5.51. The van der Waals surface area contributed by atoms with Crippen LogP contribution in [0.4, 0.5) is 0 Å². The molecule has 1 aliphatic rings. The maximum atomic E-state index is 8.95. The third-order valence-electron chi connectivity index (χ3n) is 1.47. The van der Waals surface area contributed by atoms with Crippen LogP contribution in [0.2, 0.25) is 0 Å². The summed E-state index contributed by atoms with van der Waals surface area (Å²) < 4.78 is 0. The fourth-order valence-electron chi connectivity index (χ4n) is 0.658. The SMILES string of the molecule is C=CC(O)CNC1CC1. The summed E-state index contributed by atoms with van der Waals surface area (Å²) in [7, 11) is 0. The highest BCUT2D eigenvalue weighted by Crippen LogP contribution is 2.18. The minimum atomic E-state index is -0.370. The number of rotatable bonds is 4.